The lowest BCUT2D eigenvalue weighted by Gasteiger charge is -2.21. The molecule has 1 unspecified atom stereocenters. The topological polar surface area (TPSA) is 61.8 Å². The summed E-state index contributed by atoms with van der Waals surface area (Å²) in [5.74, 6) is -0.0592. The summed E-state index contributed by atoms with van der Waals surface area (Å²) in [4.78, 5) is 13.6. The van der Waals surface area contributed by atoms with E-state index in [1.165, 1.54) is 0 Å². The lowest BCUT2D eigenvalue weighted by Crippen LogP contribution is -2.36. The highest BCUT2D eigenvalue weighted by atomic mass is 79.9. The predicted molar refractivity (Wildman–Crippen MR) is 82.9 cm³/mol. The van der Waals surface area contributed by atoms with Gasteiger partial charge in [-0.2, -0.15) is 0 Å². The Balaban J connectivity index is 2.63. The summed E-state index contributed by atoms with van der Waals surface area (Å²) in [5.41, 5.74) is 1.73. The minimum Gasteiger partial charge on any atom is -0.389 e. The fourth-order valence-electron chi connectivity index (χ4n) is 1.74. The Morgan fingerprint density at radius 2 is 2.25 bits per heavy atom. The lowest BCUT2D eigenvalue weighted by molar-refractivity contribution is -0.119. The largest absolute Gasteiger partial charge is 0.389 e. The Kier molecular flexibility index (Phi) is 6.98. The third kappa shape index (κ3) is 5.11. The molecule has 0 aliphatic carbocycles. The molecule has 0 fully saturated rings. The Morgan fingerprint density at radius 1 is 1.55 bits per heavy atom. The van der Waals surface area contributed by atoms with Crippen LogP contribution in [-0.4, -0.2) is 44.9 Å². The first-order valence-corrected chi connectivity index (χ1v) is 7.19. The van der Waals surface area contributed by atoms with Crippen LogP contribution in [0.1, 0.15) is 18.6 Å². The molecule has 1 aromatic carbocycles. The molecule has 20 heavy (non-hydrogen) atoms. The van der Waals surface area contributed by atoms with Crippen molar-refractivity contribution in [2.75, 3.05) is 38.8 Å². The highest BCUT2D eigenvalue weighted by Crippen LogP contribution is 2.28. The van der Waals surface area contributed by atoms with Gasteiger partial charge in [-0.05, 0) is 40.5 Å². The second-order valence-electron chi connectivity index (χ2n) is 4.59. The smallest absolute Gasteiger partial charge is 0.239 e. The molecule has 1 rings (SSSR count). The van der Waals surface area contributed by atoms with Gasteiger partial charge >= 0.3 is 0 Å². The van der Waals surface area contributed by atoms with E-state index in [1.54, 1.807) is 14.0 Å². The molecule has 0 heterocycles. The molecular weight excluding hydrogens is 324 g/mol. The van der Waals surface area contributed by atoms with Crippen LogP contribution in [0, 0.1) is 0 Å². The van der Waals surface area contributed by atoms with Crippen molar-refractivity contribution in [3.63, 3.8) is 0 Å². The number of amides is 1. The summed E-state index contributed by atoms with van der Waals surface area (Å²) in [6.45, 7) is 2.98. The van der Waals surface area contributed by atoms with Crippen LogP contribution < -0.4 is 10.2 Å². The van der Waals surface area contributed by atoms with Crippen LogP contribution in [0.4, 0.5) is 5.69 Å². The number of aliphatic hydroxyl groups is 1. The molecule has 0 aromatic heterocycles. The average Bonchev–Trinajstić information content (AvgIpc) is 2.38. The standard InChI is InChI=1S/C14H21BrN2O3/c1-10(18)11-4-5-13(12(15)8-11)17(2)9-14(19)16-6-7-20-3/h4-5,8,10,18H,6-7,9H2,1-3H3,(H,16,19). The summed E-state index contributed by atoms with van der Waals surface area (Å²) in [6, 6.07) is 5.60. The molecule has 2 N–H and O–H groups in total. The van der Waals surface area contributed by atoms with E-state index in [2.05, 4.69) is 21.2 Å². The van der Waals surface area contributed by atoms with Crippen LogP contribution in [0.3, 0.4) is 0 Å². The van der Waals surface area contributed by atoms with Gasteiger partial charge in [0.05, 0.1) is 24.9 Å². The molecule has 112 valence electrons. The van der Waals surface area contributed by atoms with Crippen molar-refractivity contribution in [2.24, 2.45) is 0 Å². The summed E-state index contributed by atoms with van der Waals surface area (Å²) >= 11 is 3.47. The third-order valence-corrected chi connectivity index (χ3v) is 3.51. The highest BCUT2D eigenvalue weighted by molar-refractivity contribution is 9.10. The number of benzene rings is 1. The molecule has 1 amide bonds. The summed E-state index contributed by atoms with van der Waals surface area (Å²) in [5, 5.41) is 12.3. The first-order chi connectivity index (χ1) is 9.45. The van der Waals surface area contributed by atoms with Crippen LogP contribution in [-0.2, 0) is 9.53 Å². The van der Waals surface area contributed by atoms with Gasteiger partial charge in [0.1, 0.15) is 0 Å². The number of halogens is 1. The number of likely N-dealkylation sites (N-methyl/N-ethyl adjacent to an activating group) is 1. The van der Waals surface area contributed by atoms with Gasteiger partial charge in [0.25, 0.3) is 0 Å². The predicted octanol–water partition coefficient (Wildman–Crippen LogP) is 1.70. The zero-order valence-electron chi connectivity index (χ0n) is 12.0. The average molecular weight is 345 g/mol. The van der Waals surface area contributed by atoms with Crippen molar-refractivity contribution in [3.8, 4) is 0 Å². The van der Waals surface area contributed by atoms with E-state index in [9.17, 15) is 9.90 Å². The minimum absolute atomic E-state index is 0.0592. The quantitative estimate of drug-likeness (QED) is 0.739. The Hall–Kier alpha value is -1.11. The van der Waals surface area contributed by atoms with Gasteiger partial charge in [-0.1, -0.05) is 6.07 Å². The fraction of sp³-hybridized carbons (Fsp3) is 0.500. The van der Waals surface area contributed by atoms with Gasteiger partial charge in [0, 0.05) is 25.2 Å². The summed E-state index contributed by atoms with van der Waals surface area (Å²) in [6.07, 6.45) is -0.511. The van der Waals surface area contributed by atoms with E-state index >= 15 is 0 Å². The number of rotatable bonds is 7. The molecule has 0 spiro atoms. The van der Waals surface area contributed by atoms with Crippen molar-refractivity contribution in [3.05, 3.63) is 28.2 Å². The second kappa shape index (κ2) is 8.24. The van der Waals surface area contributed by atoms with Crippen LogP contribution in [0.2, 0.25) is 0 Å². The van der Waals surface area contributed by atoms with Crippen molar-refractivity contribution in [2.45, 2.75) is 13.0 Å². The summed E-state index contributed by atoms with van der Waals surface area (Å²) < 4.78 is 5.73. The van der Waals surface area contributed by atoms with E-state index in [0.29, 0.717) is 13.2 Å². The number of anilines is 1. The second-order valence-corrected chi connectivity index (χ2v) is 5.44. The number of aliphatic hydroxyl groups excluding tert-OH is 1. The van der Waals surface area contributed by atoms with E-state index in [0.717, 1.165) is 15.7 Å². The number of carbonyl (C=O) groups is 1. The Bertz CT molecular complexity index is 452. The maximum absolute atomic E-state index is 11.7. The number of ether oxygens (including phenoxy) is 1. The zero-order valence-corrected chi connectivity index (χ0v) is 13.6. The molecule has 0 aliphatic rings. The molecular formula is C14H21BrN2O3. The van der Waals surface area contributed by atoms with Crippen molar-refractivity contribution in [1.29, 1.82) is 0 Å². The van der Waals surface area contributed by atoms with E-state index in [1.807, 2.05) is 30.1 Å². The number of nitrogens with one attached hydrogen (secondary N) is 1. The Morgan fingerprint density at radius 3 is 2.80 bits per heavy atom. The van der Waals surface area contributed by atoms with Crippen molar-refractivity contribution >= 4 is 27.5 Å². The van der Waals surface area contributed by atoms with Gasteiger partial charge < -0.3 is 20.1 Å². The third-order valence-electron chi connectivity index (χ3n) is 2.87. The fourth-order valence-corrected chi connectivity index (χ4v) is 2.44. The first kappa shape index (κ1) is 16.9. The van der Waals surface area contributed by atoms with E-state index in [-0.39, 0.29) is 12.5 Å². The number of hydrogen-bond donors (Lipinski definition) is 2. The minimum atomic E-state index is -0.511. The molecule has 0 saturated heterocycles. The number of carbonyl (C=O) groups excluding carboxylic acids is 1. The van der Waals surface area contributed by atoms with Crippen LogP contribution in [0.25, 0.3) is 0 Å². The van der Waals surface area contributed by atoms with Gasteiger partial charge in [0.15, 0.2) is 0 Å². The molecule has 0 aliphatic heterocycles. The van der Waals surface area contributed by atoms with Crippen molar-refractivity contribution < 1.29 is 14.6 Å². The molecule has 0 radical (unpaired) electrons. The first-order valence-electron chi connectivity index (χ1n) is 6.40. The highest BCUT2D eigenvalue weighted by Gasteiger charge is 2.11. The Labute approximate surface area is 128 Å². The maximum atomic E-state index is 11.7. The lowest BCUT2D eigenvalue weighted by atomic mass is 10.1. The van der Waals surface area contributed by atoms with Crippen LogP contribution in [0.5, 0.6) is 0 Å². The van der Waals surface area contributed by atoms with Gasteiger partial charge in [-0.15, -0.1) is 0 Å². The molecule has 0 bridgehead atoms. The zero-order chi connectivity index (χ0) is 15.1. The monoisotopic (exact) mass is 344 g/mol. The van der Waals surface area contributed by atoms with Gasteiger partial charge in [-0.3, -0.25) is 4.79 Å². The molecule has 1 atom stereocenters. The summed E-state index contributed by atoms with van der Waals surface area (Å²) in [7, 11) is 3.44. The number of hydrogen-bond acceptors (Lipinski definition) is 4. The normalized spacial score (nSPS) is 12.1. The molecule has 0 saturated carbocycles. The van der Waals surface area contributed by atoms with Gasteiger partial charge in [0.2, 0.25) is 5.91 Å². The molecule has 5 nitrogen and oxygen atoms in total. The van der Waals surface area contributed by atoms with Crippen LogP contribution in [0.15, 0.2) is 22.7 Å². The van der Waals surface area contributed by atoms with Crippen LogP contribution >= 0.6 is 15.9 Å². The number of methoxy groups -OCH3 is 1. The van der Waals surface area contributed by atoms with Crippen molar-refractivity contribution in [1.82, 2.24) is 5.32 Å². The molecule has 6 heteroatoms. The van der Waals surface area contributed by atoms with E-state index in [4.69, 9.17) is 4.74 Å². The number of nitrogens with zero attached hydrogens (tertiary/aromatic N) is 1. The van der Waals surface area contributed by atoms with Gasteiger partial charge in [-0.25, -0.2) is 0 Å². The SMILES string of the molecule is COCCNC(=O)CN(C)c1ccc(C(C)O)cc1Br. The van der Waals surface area contributed by atoms with E-state index < -0.39 is 6.10 Å². The maximum Gasteiger partial charge on any atom is 0.239 e. The molecule has 1 aromatic rings.